The Morgan fingerprint density at radius 2 is 2.19 bits per heavy atom. The third kappa shape index (κ3) is 3.11. The molecule has 1 aromatic heterocycles. The standard InChI is InChI=1S/C17H22N2OS/c1-17(2,3)15-10-21-16(19-15)9-20-12-5-6-13-11(8-12)4-7-14(13)18/h5-6,8,10,14H,4,7,9,18H2,1-3H3/t14-/m1/s1. The molecule has 0 saturated heterocycles. The van der Waals surface area contributed by atoms with Gasteiger partial charge in [-0.15, -0.1) is 11.3 Å². The largest absolute Gasteiger partial charge is 0.486 e. The first-order valence-electron chi connectivity index (χ1n) is 7.39. The number of aryl methyl sites for hydroxylation is 1. The summed E-state index contributed by atoms with van der Waals surface area (Å²) in [4.78, 5) is 4.65. The molecule has 0 spiro atoms. The number of hydrogen-bond donors (Lipinski definition) is 1. The van der Waals surface area contributed by atoms with Gasteiger partial charge in [0.25, 0.3) is 0 Å². The summed E-state index contributed by atoms with van der Waals surface area (Å²) in [5, 5.41) is 3.15. The van der Waals surface area contributed by atoms with Crippen LogP contribution >= 0.6 is 11.3 Å². The van der Waals surface area contributed by atoms with Crippen LogP contribution in [0.15, 0.2) is 23.6 Å². The van der Waals surface area contributed by atoms with Crippen LogP contribution in [0.5, 0.6) is 5.75 Å². The van der Waals surface area contributed by atoms with Crippen molar-refractivity contribution >= 4 is 11.3 Å². The summed E-state index contributed by atoms with van der Waals surface area (Å²) in [6.45, 7) is 7.06. The number of thiazole rings is 1. The van der Waals surface area contributed by atoms with E-state index in [1.807, 2.05) is 6.07 Å². The Morgan fingerprint density at radius 3 is 2.90 bits per heavy atom. The SMILES string of the molecule is CC(C)(C)c1csc(COc2ccc3c(c2)CC[C@H]3N)n1. The van der Waals surface area contributed by atoms with Gasteiger partial charge in [-0.25, -0.2) is 4.98 Å². The van der Waals surface area contributed by atoms with Gasteiger partial charge in [-0.05, 0) is 36.1 Å². The molecule has 1 aliphatic rings. The van der Waals surface area contributed by atoms with Crippen LogP contribution in [-0.2, 0) is 18.4 Å². The van der Waals surface area contributed by atoms with Gasteiger partial charge < -0.3 is 10.5 Å². The first-order chi connectivity index (χ1) is 9.93. The highest BCUT2D eigenvalue weighted by molar-refractivity contribution is 7.09. The van der Waals surface area contributed by atoms with Crippen molar-refractivity contribution < 1.29 is 4.74 Å². The summed E-state index contributed by atoms with van der Waals surface area (Å²) in [6, 6.07) is 6.44. The summed E-state index contributed by atoms with van der Waals surface area (Å²) >= 11 is 1.67. The highest BCUT2D eigenvalue weighted by atomic mass is 32.1. The fourth-order valence-electron chi connectivity index (χ4n) is 2.58. The quantitative estimate of drug-likeness (QED) is 0.933. The lowest BCUT2D eigenvalue weighted by Gasteiger charge is -2.14. The maximum Gasteiger partial charge on any atom is 0.140 e. The second kappa shape index (κ2) is 5.43. The number of ether oxygens (including phenoxy) is 1. The van der Waals surface area contributed by atoms with E-state index in [-0.39, 0.29) is 11.5 Å². The van der Waals surface area contributed by atoms with Crippen molar-refractivity contribution in [3.8, 4) is 5.75 Å². The molecule has 112 valence electrons. The van der Waals surface area contributed by atoms with Crippen LogP contribution in [0, 0.1) is 0 Å². The molecule has 1 heterocycles. The first-order valence-corrected chi connectivity index (χ1v) is 8.27. The van der Waals surface area contributed by atoms with Gasteiger partial charge in [-0.2, -0.15) is 0 Å². The van der Waals surface area contributed by atoms with E-state index in [0.29, 0.717) is 6.61 Å². The Kier molecular flexibility index (Phi) is 3.76. The smallest absolute Gasteiger partial charge is 0.140 e. The zero-order valence-electron chi connectivity index (χ0n) is 12.8. The van der Waals surface area contributed by atoms with Crippen LogP contribution in [0.4, 0.5) is 0 Å². The van der Waals surface area contributed by atoms with Crippen molar-refractivity contribution in [2.75, 3.05) is 0 Å². The van der Waals surface area contributed by atoms with Crippen LogP contribution in [0.2, 0.25) is 0 Å². The van der Waals surface area contributed by atoms with E-state index in [4.69, 9.17) is 10.5 Å². The van der Waals surface area contributed by atoms with Crippen molar-refractivity contribution in [1.82, 2.24) is 4.98 Å². The Balaban J connectivity index is 1.67. The molecule has 0 aliphatic heterocycles. The van der Waals surface area contributed by atoms with E-state index in [2.05, 4.69) is 43.3 Å². The fourth-order valence-corrected chi connectivity index (χ4v) is 3.52. The van der Waals surface area contributed by atoms with Crippen LogP contribution in [0.1, 0.15) is 55.1 Å². The van der Waals surface area contributed by atoms with Gasteiger partial charge >= 0.3 is 0 Å². The van der Waals surface area contributed by atoms with Crippen LogP contribution in [0.3, 0.4) is 0 Å². The van der Waals surface area contributed by atoms with Gasteiger partial charge in [-0.1, -0.05) is 26.8 Å². The van der Waals surface area contributed by atoms with Crippen LogP contribution < -0.4 is 10.5 Å². The Morgan fingerprint density at radius 1 is 1.38 bits per heavy atom. The third-order valence-electron chi connectivity index (χ3n) is 3.92. The minimum absolute atomic E-state index is 0.0957. The predicted octanol–water partition coefficient (Wildman–Crippen LogP) is 3.97. The van der Waals surface area contributed by atoms with Gasteiger partial charge in [-0.3, -0.25) is 0 Å². The second-order valence-electron chi connectivity index (χ2n) is 6.67. The summed E-state index contributed by atoms with van der Waals surface area (Å²) < 4.78 is 5.89. The van der Waals surface area contributed by atoms with Gasteiger partial charge in [0.2, 0.25) is 0 Å². The molecule has 1 aliphatic carbocycles. The molecule has 3 nitrogen and oxygen atoms in total. The average molecular weight is 302 g/mol. The minimum Gasteiger partial charge on any atom is -0.486 e. The monoisotopic (exact) mass is 302 g/mol. The molecule has 1 aromatic carbocycles. The number of nitrogens with two attached hydrogens (primary N) is 1. The van der Waals surface area contributed by atoms with E-state index >= 15 is 0 Å². The molecule has 21 heavy (non-hydrogen) atoms. The summed E-state index contributed by atoms with van der Waals surface area (Å²) in [5.74, 6) is 0.912. The molecule has 0 amide bonds. The first kappa shape index (κ1) is 14.5. The van der Waals surface area contributed by atoms with Crippen molar-refractivity contribution in [2.24, 2.45) is 5.73 Å². The Bertz CT molecular complexity index is 642. The van der Waals surface area contributed by atoms with Gasteiger partial charge in [0.15, 0.2) is 0 Å². The fraction of sp³-hybridized carbons (Fsp3) is 0.471. The summed E-state index contributed by atoms with van der Waals surface area (Å²) in [7, 11) is 0. The lowest BCUT2D eigenvalue weighted by molar-refractivity contribution is 0.304. The van der Waals surface area contributed by atoms with Gasteiger partial charge in [0, 0.05) is 16.8 Å². The lowest BCUT2D eigenvalue weighted by atomic mass is 9.93. The van der Waals surface area contributed by atoms with Crippen molar-refractivity contribution in [2.45, 2.75) is 51.7 Å². The van der Waals surface area contributed by atoms with E-state index in [1.54, 1.807) is 11.3 Å². The van der Waals surface area contributed by atoms with Crippen molar-refractivity contribution in [3.05, 3.63) is 45.4 Å². The number of nitrogens with zero attached hydrogens (tertiary/aromatic N) is 1. The predicted molar refractivity (Wildman–Crippen MR) is 86.8 cm³/mol. The maximum absolute atomic E-state index is 6.06. The minimum atomic E-state index is 0.0957. The van der Waals surface area contributed by atoms with E-state index in [1.165, 1.54) is 11.1 Å². The van der Waals surface area contributed by atoms with Gasteiger partial charge in [0.05, 0.1) is 5.69 Å². The third-order valence-corrected chi connectivity index (χ3v) is 4.74. The number of rotatable bonds is 3. The zero-order valence-corrected chi connectivity index (χ0v) is 13.7. The van der Waals surface area contributed by atoms with E-state index in [0.717, 1.165) is 29.3 Å². The number of hydrogen-bond acceptors (Lipinski definition) is 4. The Hall–Kier alpha value is -1.39. The van der Waals surface area contributed by atoms with Crippen LogP contribution in [0.25, 0.3) is 0 Å². The molecule has 2 N–H and O–H groups in total. The second-order valence-corrected chi connectivity index (χ2v) is 7.61. The summed E-state index contributed by atoms with van der Waals surface area (Å²) in [6.07, 6.45) is 2.10. The van der Waals surface area contributed by atoms with E-state index < -0.39 is 0 Å². The molecular weight excluding hydrogens is 280 g/mol. The molecule has 0 bridgehead atoms. The molecular formula is C17H22N2OS. The van der Waals surface area contributed by atoms with Crippen LogP contribution in [-0.4, -0.2) is 4.98 Å². The topological polar surface area (TPSA) is 48.1 Å². The van der Waals surface area contributed by atoms with Gasteiger partial charge in [0.1, 0.15) is 17.4 Å². The molecule has 2 aromatic rings. The molecule has 0 unspecified atom stereocenters. The normalized spacial score (nSPS) is 17.8. The van der Waals surface area contributed by atoms with Crippen molar-refractivity contribution in [1.29, 1.82) is 0 Å². The Labute approximate surface area is 130 Å². The molecule has 0 saturated carbocycles. The summed E-state index contributed by atoms with van der Waals surface area (Å²) in [5.41, 5.74) is 9.88. The number of fused-ring (bicyclic) bond motifs is 1. The zero-order chi connectivity index (χ0) is 15.0. The molecule has 0 fully saturated rings. The number of aromatic nitrogens is 1. The maximum atomic E-state index is 6.06. The average Bonchev–Trinajstić information content (AvgIpc) is 3.03. The molecule has 4 heteroatoms. The highest BCUT2D eigenvalue weighted by Gasteiger charge is 2.20. The molecule has 3 rings (SSSR count). The molecule has 0 radical (unpaired) electrons. The lowest BCUT2D eigenvalue weighted by Crippen LogP contribution is -2.11. The molecule has 1 atom stereocenters. The van der Waals surface area contributed by atoms with E-state index in [9.17, 15) is 0 Å². The highest BCUT2D eigenvalue weighted by Crippen LogP contribution is 2.32. The number of benzene rings is 1. The van der Waals surface area contributed by atoms with Crippen molar-refractivity contribution in [3.63, 3.8) is 0 Å².